The molecule has 2 aliphatic rings. The number of nitrogens with one attached hydrogen (secondary N) is 1. The molecular weight excluding hydrogens is 556 g/mol. The van der Waals surface area contributed by atoms with E-state index in [-0.39, 0.29) is 53.7 Å². The predicted octanol–water partition coefficient (Wildman–Crippen LogP) is 4.73. The molecule has 2 aliphatic heterocycles. The highest BCUT2D eigenvalue weighted by atomic mass is 16.5. The van der Waals surface area contributed by atoms with Gasteiger partial charge in [0.05, 0.1) is 12.1 Å². The molecule has 2 saturated heterocycles. The van der Waals surface area contributed by atoms with Gasteiger partial charge in [-0.1, -0.05) is 77.4 Å². The number of benzene rings is 1. The molecule has 244 valence electrons. The Morgan fingerprint density at radius 2 is 1.64 bits per heavy atom. The van der Waals surface area contributed by atoms with E-state index < -0.39 is 12.1 Å². The van der Waals surface area contributed by atoms with Gasteiger partial charge in [-0.2, -0.15) is 0 Å². The molecular formula is C35H54N4O5. The first-order valence-corrected chi connectivity index (χ1v) is 16.4. The maximum Gasteiger partial charge on any atom is 0.329 e. The number of esters is 1. The van der Waals surface area contributed by atoms with Crippen LogP contribution in [-0.4, -0.2) is 89.7 Å². The molecule has 0 spiro atoms. The van der Waals surface area contributed by atoms with Crippen LogP contribution < -0.4 is 5.32 Å². The van der Waals surface area contributed by atoms with Gasteiger partial charge in [-0.05, 0) is 70.0 Å². The Morgan fingerprint density at radius 3 is 2.23 bits per heavy atom. The summed E-state index contributed by atoms with van der Waals surface area (Å²) in [7, 11) is 3.69. The molecule has 2 fully saturated rings. The largest absolute Gasteiger partial charge is 0.456 e. The van der Waals surface area contributed by atoms with Crippen molar-refractivity contribution in [3.63, 3.8) is 0 Å². The van der Waals surface area contributed by atoms with Crippen LogP contribution in [0.4, 0.5) is 0 Å². The minimum absolute atomic E-state index is 0.00946. The first-order valence-electron chi connectivity index (χ1n) is 16.4. The Hall–Kier alpha value is -3.20. The Bertz CT molecular complexity index is 1170. The van der Waals surface area contributed by atoms with Gasteiger partial charge in [0.2, 0.25) is 17.7 Å². The molecule has 1 aromatic rings. The molecule has 0 bridgehead atoms. The first kappa shape index (κ1) is 35.3. The van der Waals surface area contributed by atoms with Crippen molar-refractivity contribution in [3.8, 4) is 0 Å². The Kier molecular flexibility index (Phi) is 13.0. The lowest BCUT2D eigenvalue weighted by Crippen LogP contribution is -2.57. The molecule has 0 saturated carbocycles. The predicted molar refractivity (Wildman–Crippen MR) is 172 cm³/mol. The van der Waals surface area contributed by atoms with Gasteiger partial charge in [-0.25, -0.2) is 4.79 Å². The second kappa shape index (κ2) is 16.2. The summed E-state index contributed by atoms with van der Waals surface area (Å²) in [6.07, 6.45) is 6.24. The summed E-state index contributed by atoms with van der Waals surface area (Å²) in [6, 6.07) is 7.73. The van der Waals surface area contributed by atoms with Gasteiger partial charge in [0, 0.05) is 19.2 Å². The van der Waals surface area contributed by atoms with Crippen molar-refractivity contribution in [2.24, 2.45) is 11.8 Å². The van der Waals surface area contributed by atoms with Crippen LogP contribution in [0.5, 0.6) is 0 Å². The van der Waals surface area contributed by atoms with E-state index >= 15 is 0 Å². The van der Waals surface area contributed by atoms with E-state index in [0.717, 1.165) is 37.8 Å². The van der Waals surface area contributed by atoms with E-state index in [4.69, 9.17) is 4.74 Å². The van der Waals surface area contributed by atoms with Crippen molar-refractivity contribution in [1.82, 2.24) is 20.0 Å². The molecule has 5 atom stereocenters. The van der Waals surface area contributed by atoms with Crippen molar-refractivity contribution >= 4 is 23.7 Å². The van der Waals surface area contributed by atoms with Crippen LogP contribution >= 0.6 is 0 Å². The Labute approximate surface area is 264 Å². The number of ether oxygens (including phenoxy) is 1. The van der Waals surface area contributed by atoms with Gasteiger partial charge < -0.3 is 19.9 Å². The molecule has 1 aromatic carbocycles. The maximum atomic E-state index is 13.8. The Balaban J connectivity index is 1.73. The zero-order chi connectivity index (χ0) is 32.6. The molecule has 9 heteroatoms. The second-order valence-electron chi connectivity index (χ2n) is 13.2. The van der Waals surface area contributed by atoms with E-state index in [1.165, 1.54) is 0 Å². The van der Waals surface area contributed by atoms with Crippen LogP contribution in [0.15, 0.2) is 42.0 Å². The zero-order valence-corrected chi connectivity index (χ0v) is 28.0. The second-order valence-corrected chi connectivity index (χ2v) is 13.2. The fourth-order valence-electron chi connectivity index (χ4n) is 6.37. The smallest absolute Gasteiger partial charge is 0.329 e. The molecule has 3 rings (SSSR count). The SMILES string of the molecule is CCC(OC(=O)[C@@H]1CCCN1C(=O)C(C)=C[C@H](C(C)C)N(C)C(=O)[C@@H](NC(=O)C1CCCCN1C)C(C)C)c1ccccc1. The minimum Gasteiger partial charge on any atom is -0.456 e. The van der Waals surface area contributed by atoms with Crippen LogP contribution in [0.2, 0.25) is 0 Å². The van der Waals surface area contributed by atoms with Crippen molar-refractivity contribution in [3.05, 3.63) is 47.5 Å². The molecule has 0 radical (unpaired) electrons. The third kappa shape index (κ3) is 8.71. The summed E-state index contributed by atoms with van der Waals surface area (Å²) in [5.74, 6) is -1.00. The molecule has 9 nitrogen and oxygen atoms in total. The van der Waals surface area contributed by atoms with Crippen LogP contribution in [-0.2, 0) is 23.9 Å². The molecule has 3 amide bonds. The summed E-state index contributed by atoms with van der Waals surface area (Å²) < 4.78 is 5.91. The van der Waals surface area contributed by atoms with Gasteiger partial charge >= 0.3 is 5.97 Å². The standard InChI is InChI=1S/C35H54N4O5/c1-9-30(26-16-11-10-12-17-26)44-35(43)28-19-15-21-39(28)33(41)25(6)22-29(23(2)3)38(8)34(42)31(24(4)5)36-32(40)27-18-13-14-20-37(27)7/h10-12,16-17,22-24,27-31H,9,13-15,18-21H2,1-8H3,(H,36,40)/t27?,28-,29+,30?,31-/m0/s1. The van der Waals surface area contributed by atoms with Gasteiger partial charge in [-0.3, -0.25) is 19.3 Å². The van der Waals surface area contributed by atoms with Crippen molar-refractivity contribution in [1.29, 1.82) is 0 Å². The molecule has 0 aliphatic carbocycles. The molecule has 2 unspecified atom stereocenters. The van der Waals surface area contributed by atoms with Crippen molar-refractivity contribution in [2.45, 2.75) is 110 Å². The summed E-state index contributed by atoms with van der Waals surface area (Å²) >= 11 is 0. The van der Waals surface area contributed by atoms with Gasteiger partial charge in [-0.15, -0.1) is 0 Å². The number of hydrogen-bond donors (Lipinski definition) is 1. The average molecular weight is 611 g/mol. The summed E-state index contributed by atoms with van der Waals surface area (Å²) in [4.78, 5) is 59.4. The minimum atomic E-state index is -0.678. The lowest BCUT2D eigenvalue weighted by atomic mass is 9.96. The molecule has 1 N–H and O–H groups in total. The van der Waals surface area contributed by atoms with Crippen LogP contribution in [0, 0.1) is 11.8 Å². The van der Waals surface area contributed by atoms with Crippen LogP contribution in [0.25, 0.3) is 0 Å². The summed E-state index contributed by atoms with van der Waals surface area (Å²) in [6.45, 7) is 12.9. The summed E-state index contributed by atoms with van der Waals surface area (Å²) in [5.41, 5.74) is 1.41. The molecule has 0 aromatic heterocycles. The normalized spacial score (nSPS) is 21.6. The van der Waals surface area contributed by atoms with E-state index in [2.05, 4.69) is 10.2 Å². The monoisotopic (exact) mass is 610 g/mol. The number of piperidine rings is 1. The van der Waals surface area contributed by atoms with Crippen LogP contribution in [0.1, 0.15) is 91.7 Å². The van der Waals surface area contributed by atoms with E-state index in [1.807, 2.05) is 78.1 Å². The van der Waals surface area contributed by atoms with Crippen molar-refractivity contribution in [2.75, 3.05) is 27.2 Å². The summed E-state index contributed by atoms with van der Waals surface area (Å²) in [5, 5.41) is 3.04. The lowest BCUT2D eigenvalue weighted by molar-refractivity contribution is -0.157. The molecule has 44 heavy (non-hydrogen) atoms. The third-order valence-electron chi connectivity index (χ3n) is 9.13. The third-order valence-corrected chi connectivity index (χ3v) is 9.13. The lowest BCUT2D eigenvalue weighted by Gasteiger charge is -2.36. The highest BCUT2D eigenvalue weighted by Gasteiger charge is 2.38. The van der Waals surface area contributed by atoms with Crippen molar-refractivity contribution < 1.29 is 23.9 Å². The highest BCUT2D eigenvalue weighted by molar-refractivity contribution is 5.96. The first-order chi connectivity index (χ1) is 20.9. The number of carbonyl (C=O) groups is 4. The highest BCUT2D eigenvalue weighted by Crippen LogP contribution is 2.27. The fraction of sp³-hybridized carbons (Fsp3) is 0.657. The van der Waals surface area contributed by atoms with Gasteiger partial charge in [0.15, 0.2) is 0 Å². The number of carbonyl (C=O) groups excluding carboxylic acids is 4. The maximum absolute atomic E-state index is 13.8. The van der Waals surface area contributed by atoms with Gasteiger partial charge in [0.25, 0.3) is 0 Å². The number of nitrogens with zero attached hydrogens (tertiary/aromatic N) is 3. The average Bonchev–Trinajstić information content (AvgIpc) is 3.50. The number of rotatable bonds is 12. The quantitative estimate of drug-likeness (QED) is 0.272. The van der Waals surface area contributed by atoms with Crippen LogP contribution in [0.3, 0.4) is 0 Å². The fourth-order valence-corrected chi connectivity index (χ4v) is 6.37. The topological polar surface area (TPSA) is 99.3 Å². The van der Waals surface area contributed by atoms with E-state index in [1.54, 1.807) is 23.8 Å². The number of amides is 3. The Morgan fingerprint density at radius 1 is 0.977 bits per heavy atom. The molecule has 2 heterocycles. The number of likely N-dealkylation sites (N-methyl/N-ethyl adjacent to an activating group) is 2. The van der Waals surface area contributed by atoms with Gasteiger partial charge in [0.1, 0.15) is 18.2 Å². The zero-order valence-electron chi connectivity index (χ0n) is 28.0. The van der Waals surface area contributed by atoms with E-state index in [9.17, 15) is 19.2 Å². The van der Waals surface area contributed by atoms with E-state index in [0.29, 0.717) is 25.0 Å². The number of likely N-dealkylation sites (tertiary alicyclic amines) is 2. The number of hydrogen-bond acceptors (Lipinski definition) is 6.